The lowest BCUT2D eigenvalue weighted by Gasteiger charge is -2.28. The van der Waals surface area contributed by atoms with Crippen LogP contribution in [-0.4, -0.2) is 49.6 Å². The van der Waals surface area contributed by atoms with Crippen molar-refractivity contribution < 1.29 is 8.76 Å². The fourth-order valence-electron chi connectivity index (χ4n) is 5.37. The number of hydrogen-bond donors (Lipinski definition) is 1. The maximum absolute atomic E-state index is 11.6. The van der Waals surface area contributed by atoms with Gasteiger partial charge in [0, 0.05) is 79.3 Å². The summed E-state index contributed by atoms with van der Waals surface area (Å²) in [6.07, 6.45) is 8.23. The van der Waals surface area contributed by atoms with Crippen molar-refractivity contribution in [2.75, 3.05) is 19.6 Å². The second kappa shape index (κ2) is 10.0. The van der Waals surface area contributed by atoms with Gasteiger partial charge >= 0.3 is 0 Å². The van der Waals surface area contributed by atoms with Crippen molar-refractivity contribution in [3.8, 4) is 0 Å². The number of fused-ring (bicyclic) bond motifs is 2. The lowest BCUT2D eigenvalue weighted by atomic mass is 9.76. The summed E-state index contributed by atoms with van der Waals surface area (Å²) in [4.78, 5) is 14.8. The van der Waals surface area contributed by atoms with E-state index in [4.69, 9.17) is 9.98 Å². The van der Waals surface area contributed by atoms with Gasteiger partial charge in [-0.05, 0) is 31.9 Å². The summed E-state index contributed by atoms with van der Waals surface area (Å²) in [6.45, 7) is 12.6. The summed E-state index contributed by atoms with van der Waals surface area (Å²) in [5.41, 5.74) is 6.06. The smallest absolute Gasteiger partial charge is 0.234 e. The lowest BCUT2D eigenvalue weighted by Crippen LogP contribution is -2.38. The Morgan fingerprint density at radius 2 is 2.03 bits per heavy atom. The Morgan fingerprint density at radius 3 is 2.77 bits per heavy atom. The Labute approximate surface area is 209 Å². The summed E-state index contributed by atoms with van der Waals surface area (Å²) >= 11 is -1.93. The SMILES string of the molecule is C=CC(C)[C+]1CC2CN=CC(c3cnc4ccccc4c3)=C2N=C(C2CCN(S(=O)O)CC2)C1=C. The molecular weight excluding hydrogens is 456 g/mol. The van der Waals surface area contributed by atoms with Crippen molar-refractivity contribution in [2.45, 2.75) is 26.2 Å². The second-order valence-corrected chi connectivity index (χ2v) is 10.5. The fourth-order valence-corrected chi connectivity index (χ4v) is 5.90. The largest absolute Gasteiger partial charge is 0.294 e. The van der Waals surface area contributed by atoms with Crippen molar-refractivity contribution in [2.24, 2.45) is 27.7 Å². The van der Waals surface area contributed by atoms with Gasteiger partial charge in [-0.1, -0.05) is 24.3 Å². The van der Waals surface area contributed by atoms with E-state index >= 15 is 0 Å². The van der Waals surface area contributed by atoms with E-state index in [9.17, 15) is 8.76 Å². The Morgan fingerprint density at radius 1 is 1.26 bits per heavy atom. The van der Waals surface area contributed by atoms with E-state index in [1.54, 1.807) is 4.31 Å². The predicted octanol–water partition coefficient (Wildman–Crippen LogP) is 5.29. The summed E-state index contributed by atoms with van der Waals surface area (Å²) in [5.74, 6) is 1.81. The first-order valence-electron chi connectivity index (χ1n) is 12.2. The molecule has 3 unspecified atom stereocenters. The van der Waals surface area contributed by atoms with E-state index in [-0.39, 0.29) is 17.8 Å². The molecule has 5 rings (SSSR count). The zero-order valence-corrected chi connectivity index (χ0v) is 20.9. The zero-order valence-electron chi connectivity index (χ0n) is 20.1. The number of piperidine rings is 1. The molecule has 0 saturated carbocycles. The molecule has 0 radical (unpaired) electrons. The standard InChI is InChI=1S/C28H30N4O2S/c1-4-18(2)24-14-23-15-29-17-25(22-13-21-7-5-6-8-26(21)30-16-22)28(23)31-27(19(24)3)20-9-11-32(12-10-20)35(33)34/h4-8,13,16-18,20,23H,1,3,9-12,14-15H2,2H3/p+1. The number of aromatic nitrogens is 1. The highest BCUT2D eigenvalue weighted by Crippen LogP contribution is 2.43. The van der Waals surface area contributed by atoms with E-state index in [0.717, 1.165) is 58.3 Å². The number of nitrogens with zero attached hydrogens (tertiary/aromatic N) is 4. The number of pyridine rings is 1. The molecule has 0 bridgehead atoms. The van der Waals surface area contributed by atoms with Crippen LogP contribution in [0.5, 0.6) is 0 Å². The molecule has 1 aromatic carbocycles. The first-order valence-corrected chi connectivity index (χ1v) is 13.2. The van der Waals surface area contributed by atoms with E-state index in [0.29, 0.717) is 19.6 Å². The fraction of sp³-hybridized carbons (Fsp3) is 0.357. The number of rotatable bonds is 5. The Balaban J connectivity index is 1.60. The van der Waals surface area contributed by atoms with Crippen LogP contribution in [0.2, 0.25) is 0 Å². The highest BCUT2D eigenvalue weighted by atomic mass is 32.2. The first-order chi connectivity index (χ1) is 17.0. The molecule has 3 aliphatic rings. The molecule has 1 N–H and O–H groups in total. The minimum absolute atomic E-state index is 0.165. The van der Waals surface area contributed by atoms with Crippen LogP contribution in [-0.2, 0) is 11.3 Å². The van der Waals surface area contributed by atoms with Gasteiger partial charge < -0.3 is 0 Å². The van der Waals surface area contributed by atoms with E-state index < -0.39 is 11.3 Å². The van der Waals surface area contributed by atoms with Crippen LogP contribution in [0.3, 0.4) is 0 Å². The Hall–Kier alpha value is -2.87. The molecule has 1 aromatic heterocycles. The third-order valence-corrected chi connectivity index (χ3v) is 8.29. The van der Waals surface area contributed by atoms with Gasteiger partial charge in [0.1, 0.15) is 5.57 Å². The second-order valence-electron chi connectivity index (χ2n) is 9.57. The van der Waals surface area contributed by atoms with Gasteiger partial charge in [0.15, 0.2) is 5.71 Å². The van der Waals surface area contributed by atoms with Crippen molar-refractivity contribution >= 4 is 39.7 Å². The molecule has 180 valence electrons. The van der Waals surface area contributed by atoms with Gasteiger partial charge in [-0.25, -0.2) is 8.51 Å². The van der Waals surface area contributed by atoms with E-state index in [1.165, 1.54) is 5.92 Å². The minimum atomic E-state index is -1.93. The molecule has 0 amide bonds. The molecule has 0 spiro atoms. The van der Waals surface area contributed by atoms with E-state index in [1.807, 2.05) is 36.7 Å². The van der Waals surface area contributed by atoms with Gasteiger partial charge in [-0.2, -0.15) is 4.99 Å². The van der Waals surface area contributed by atoms with Gasteiger partial charge in [-0.15, -0.1) is 6.58 Å². The molecule has 4 heterocycles. The molecule has 3 aliphatic heterocycles. The summed E-state index contributed by atoms with van der Waals surface area (Å²) in [6, 6.07) is 10.3. The maximum atomic E-state index is 11.6. The van der Waals surface area contributed by atoms with Crippen molar-refractivity contribution in [1.82, 2.24) is 9.29 Å². The van der Waals surface area contributed by atoms with Crippen LogP contribution in [0.25, 0.3) is 16.5 Å². The molecule has 3 atom stereocenters. The average Bonchev–Trinajstić information content (AvgIpc) is 3.04. The van der Waals surface area contributed by atoms with Crippen LogP contribution in [0.1, 0.15) is 31.7 Å². The third kappa shape index (κ3) is 4.68. The van der Waals surface area contributed by atoms with Gasteiger partial charge in [0.05, 0.1) is 17.1 Å². The van der Waals surface area contributed by atoms with E-state index in [2.05, 4.69) is 37.2 Å². The normalized spacial score (nSPS) is 23.6. The number of aliphatic imine (C=N–C) groups is 2. The number of dihydropyridines is 1. The van der Waals surface area contributed by atoms with Gasteiger partial charge in [0.25, 0.3) is 0 Å². The van der Waals surface area contributed by atoms with Crippen LogP contribution in [0.15, 0.2) is 77.0 Å². The molecule has 1 saturated heterocycles. The van der Waals surface area contributed by atoms with Crippen molar-refractivity contribution in [1.29, 1.82) is 0 Å². The number of para-hydroxylation sites is 1. The molecule has 7 heteroatoms. The lowest BCUT2D eigenvalue weighted by molar-refractivity contribution is 0.310. The van der Waals surface area contributed by atoms with Gasteiger partial charge in [0.2, 0.25) is 11.3 Å². The topological polar surface area (TPSA) is 78.2 Å². The molecule has 1 fully saturated rings. The van der Waals surface area contributed by atoms with Gasteiger partial charge in [-0.3, -0.25) is 14.5 Å². The maximum Gasteiger partial charge on any atom is 0.234 e. The quantitative estimate of drug-likeness (QED) is 0.353. The molecule has 0 aliphatic carbocycles. The highest BCUT2D eigenvalue weighted by molar-refractivity contribution is 7.76. The monoisotopic (exact) mass is 487 g/mol. The summed E-state index contributed by atoms with van der Waals surface area (Å²) in [7, 11) is 0. The Kier molecular flexibility index (Phi) is 6.82. The van der Waals surface area contributed by atoms with Crippen LogP contribution < -0.4 is 0 Å². The zero-order chi connectivity index (χ0) is 24.5. The summed E-state index contributed by atoms with van der Waals surface area (Å²) < 4.78 is 22.7. The van der Waals surface area contributed by atoms with Crippen LogP contribution in [0, 0.1) is 23.7 Å². The third-order valence-electron chi connectivity index (χ3n) is 7.48. The predicted molar refractivity (Wildman–Crippen MR) is 144 cm³/mol. The van der Waals surface area contributed by atoms with Crippen LogP contribution in [0.4, 0.5) is 0 Å². The van der Waals surface area contributed by atoms with Crippen molar-refractivity contribution in [3.05, 3.63) is 78.5 Å². The molecule has 35 heavy (non-hydrogen) atoms. The molecule has 6 nitrogen and oxygen atoms in total. The molecular formula is C28H31N4O2S+. The highest BCUT2D eigenvalue weighted by Gasteiger charge is 2.42. The molecule has 2 aromatic rings. The van der Waals surface area contributed by atoms with Crippen molar-refractivity contribution in [3.63, 3.8) is 0 Å². The average molecular weight is 488 g/mol. The number of allylic oxidation sites excluding steroid dienone is 3. The minimum Gasteiger partial charge on any atom is -0.294 e. The first kappa shape index (κ1) is 23.9. The Bertz CT molecular complexity index is 1270. The number of benzene rings is 1. The van der Waals surface area contributed by atoms with Crippen LogP contribution >= 0.6 is 0 Å². The summed E-state index contributed by atoms with van der Waals surface area (Å²) in [5, 5.41) is 1.09. The number of hydrogen-bond acceptors (Lipinski definition) is 4.